The van der Waals surface area contributed by atoms with Gasteiger partial charge in [-0.25, -0.2) is 4.68 Å². The van der Waals surface area contributed by atoms with E-state index in [0.717, 1.165) is 29.9 Å². The molecular formula is C17H20ClN3O2. The van der Waals surface area contributed by atoms with Crippen LogP contribution in [0.4, 0.5) is 0 Å². The first kappa shape index (κ1) is 16.0. The van der Waals surface area contributed by atoms with E-state index in [0.29, 0.717) is 23.7 Å². The van der Waals surface area contributed by atoms with Gasteiger partial charge in [0.2, 0.25) is 0 Å². The number of likely N-dealkylation sites (tertiary alicyclic amines) is 1. The lowest BCUT2D eigenvalue weighted by molar-refractivity contribution is 0.0474. The predicted octanol–water partition coefficient (Wildman–Crippen LogP) is 2.74. The number of hydrogen-bond acceptors (Lipinski definition) is 3. The summed E-state index contributed by atoms with van der Waals surface area (Å²) >= 11 is 6.18. The second-order valence-corrected chi connectivity index (χ2v) is 6.37. The molecule has 1 aromatic carbocycles. The Morgan fingerprint density at radius 1 is 1.30 bits per heavy atom. The number of β-amino-alcohol motifs (C(OH)–C–C–N with tert-alkyl or cyclic N) is 1. The van der Waals surface area contributed by atoms with Gasteiger partial charge in [-0.05, 0) is 51.0 Å². The highest BCUT2D eigenvalue weighted by atomic mass is 35.5. The number of rotatable bonds is 2. The molecule has 5 nitrogen and oxygen atoms in total. The Bertz CT molecular complexity index is 724. The van der Waals surface area contributed by atoms with Crippen LogP contribution in [-0.4, -0.2) is 44.9 Å². The van der Waals surface area contributed by atoms with Crippen molar-refractivity contribution in [3.8, 4) is 5.69 Å². The van der Waals surface area contributed by atoms with Crippen molar-refractivity contribution in [2.24, 2.45) is 0 Å². The number of carbonyl (C=O) groups is 1. The lowest BCUT2D eigenvalue weighted by atomic mass is 10.1. The van der Waals surface area contributed by atoms with Gasteiger partial charge < -0.3 is 10.0 Å². The molecule has 1 amide bonds. The third-order valence-electron chi connectivity index (χ3n) is 4.25. The third-order valence-corrected chi connectivity index (χ3v) is 4.79. The number of aliphatic hydroxyl groups is 1. The van der Waals surface area contributed by atoms with Crippen LogP contribution in [0, 0.1) is 13.8 Å². The second kappa shape index (κ2) is 6.34. The molecule has 1 atom stereocenters. The Labute approximate surface area is 140 Å². The highest BCUT2D eigenvalue weighted by Gasteiger charge is 2.23. The lowest BCUT2D eigenvalue weighted by Gasteiger charge is -2.30. The molecule has 0 bridgehead atoms. The third kappa shape index (κ3) is 3.12. The van der Waals surface area contributed by atoms with Crippen LogP contribution < -0.4 is 0 Å². The monoisotopic (exact) mass is 333 g/mol. The molecule has 122 valence electrons. The molecule has 1 fully saturated rings. The van der Waals surface area contributed by atoms with Crippen LogP contribution in [0.5, 0.6) is 0 Å². The number of halogens is 1. The quantitative estimate of drug-likeness (QED) is 0.919. The molecule has 23 heavy (non-hydrogen) atoms. The van der Waals surface area contributed by atoms with E-state index in [4.69, 9.17) is 11.6 Å². The van der Waals surface area contributed by atoms with Gasteiger partial charge >= 0.3 is 0 Å². The van der Waals surface area contributed by atoms with Crippen LogP contribution in [0.2, 0.25) is 5.02 Å². The zero-order valence-corrected chi connectivity index (χ0v) is 14.0. The van der Waals surface area contributed by atoms with Gasteiger partial charge in [-0.15, -0.1) is 0 Å². The van der Waals surface area contributed by atoms with Crippen molar-refractivity contribution in [3.05, 3.63) is 46.2 Å². The molecule has 0 saturated carbocycles. The van der Waals surface area contributed by atoms with Gasteiger partial charge in [0.1, 0.15) is 0 Å². The van der Waals surface area contributed by atoms with Crippen molar-refractivity contribution in [3.63, 3.8) is 0 Å². The van der Waals surface area contributed by atoms with Crippen LogP contribution in [0.15, 0.2) is 24.3 Å². The zero-order valence-electron chi connectivity index (χ0n) is 13.3. The number of piperidine rings is 1. The van der Waals surface area contributed by atoms with Crippen LogP contribution >= 0.6 is 11.6 Å². The van der Waals surface area contributed by atoms with Crippen molar-refractivity contribution in [2.75, 3.05) is 13.1 Å². The molecule has 0 spiro atoms. The first-order chi connectivity index (χ1) is 11.0. The summed E-state index contributed by atoms with van der Waals surface area (Å²) in [6.45, 7) is 4.89. The highest BCUT2D eigenvalue weighted by Crippen LogP contribution is 2.23. The molecular weight excluding hydrogens is 314 g/mol. The van der Waals surface area contributed by atoms with E-state index in [2.05, 4.69) is 5.10 Å². The largest absolute Gasteiger partial charge is 0.391 e. The molecule has 1 aliphatic heterocycles. The van der Waals surface area contributed by atoms with Crippen LogP contribution in [0.3, 0.4) is 0 Å². The van der Waals surface area contributed by atoms with Crippen LogP contribution in [-0.2, 0) is 0 Å². The van der Waals surface area contributed by atoms with E-state index in [-0.39, 0.29) is 5.91 Å². The Balaban J connectivity index is 1.81. The Hall–Kier alpha value is -1.85. The summed E-state index contributed by atoms with van der Waals surface area (Å²) in [6, 6.07) is 7.32. The summed E-state index contributed by atoms with van der Waals surface area (Å²) in [7, 11) is 0. The molecule has 1 aromatic heterocycles. The number of benzene rings is 1. The molecule has 3 rings (SSSR count). The summed E-state index contributed by atoms with van der Waals surface area (Å²) in [5, 5.41) is 14.8. The number of nitrogens with zero attached hydrogens (tertiary/aromatic N) is 3. The van der Waals surface area contributed by atoms with E-state index in [1.165, 1.54) is 0 Å². The van der Waals surface area contributed by atoms with E-state index in [1.807, 2.05) is 26.0 Å². The maximum Gasteiger partial charge on any atom is 0.253 e. The molecule has 1 aliphatic rings. The highest BCUT2D eigenvalue weighted by molar-refractivity contribution is 6.31. The molecule has 2 heterocycles. The Morgan fingerprint density at radius 2 is 2.00 bits per heavy atom. The number of carbonyl (C=O) groups excluding carboxylic acids is 1. The molecule has 1 unspecified atom stereocenters. The Morgan fingerprint density at radius 3 is 2.57 bits per heavy atom. The maximum absolute atomic E-state index is 12.5. The van der Waals surface area contributed by atoms with Gasteiger partial charge in [0.05, 0.1) is 28.2 Å². The van der Waals surface area contributed by atoms with Crippen molar-refractivity contribution in [1.29, 1.82) is 0 Å². The summed E-state index contributed by atoms with van der Waals surface area (Å²) in [5.41, 5.74) is 3.15. The molecule has 1 saturated heterocycles. The number of aromatic nitrogens is 2. The van der Waals surface area contributed by atoms with E-state index < -0.39 is 6.10 Å². The topological polar surface area (TPSA) is 58.4 Å². The van der Waals surface area contributed by atoms with E-state index >= 15 is 0 Å². The number of aliphatic hydroxyl groups excluding tert-OH is 1. The minimum atomic E-state index is -0.413. The normalized spacial score (nSPS) is 18.3. The van der Waals surface area contributed by atoms with E-state index in [9.17, 15) is 9.90 Å². The fourth-order valence-electron chi connectivity index (χ4n) is 2.94. The molecule has 6 heteroatoms. The zero-order chi connectivity index (χ0) is 16.6. The van der Waals surface area contributed by atoms with Gasteiger partial charge in [-0.3, -0.25) is 4.79 Å². The molecule has 2 aromatic rings. The molecule has 0 radical (unpaired) electrons. The predicted molar refractivity (Wildman–Crippen MR) is 89.2 cm³/mol. The van der Waals surface area contributed by atoms with Crippen LogP contribution in [0.1, 0.15) is 34.6 Å². The maximum atomic E-state index is 12.5. The SMILES string of the molecule is Cc1nn(-c2ccc(C(=O)N3CCCC(O)C3)cc2)c(C)c1Cl. The average molecular weight is 334 g/mol. The first-order valence-corrected chi connectivity index (χ1v) is 8.14. The van der Waals surface area contributed by atoms with Gasteiger partial charge in [-0.2, -0.15) is 5.10 Å². The van der Waals surface area contributed by atoms with Gasteiger partial charge in [0.15, 0.2) is 0 Å². The molecule has 1 N–H and O–H groups in total. The molecule has 0 aliphatic carbocycles. The second-order valence-electron chi connectivity index (χ2n) is 5.99. The lowest BCUT2D eigenvalue weighted by Crippen LogP contribution is -2.42. The van der Waals surface area contributed by atoms with E-state index in [1.54, 1.807) is 21.7 Å². The van der Waals surface area contributed by atoms with Crippen molar-refractivity contribution >= 4 is 17.5 Å². The fraction of sp³-hybridized carbons (Fsp3) is 0.412. The Kier molecular flexibility index (Phi) is 4.41. The fourth-order valence-corrected chi connectivity index (χ4v) is 3.06. The number of hydrogen-bond donors (Lipinski definition) is 1. The minimum Gasteiger partial charge on any atom is -0.391 e. The standard InChI is InChI=1S/C17H20ClN3O2/c1-11-16(18)12(2)21(19-11)14-7-5-13(6-8-14)17(23)20-9-3-4-15(22)10-20/h5-8,15,22H,3-4,9-10H2,1-2H3. The number of amides is 1. The average Bonchev–Trinajstić information content (AvgIpc) is 2.82. The number of aryl methyl sites for hydroxylation is 1. The first-order valence-electron chi connectivity index (χ1n) is 7.77. The van der Waals surface area contributed by atoms with Crippen molar-refractivity contribution in [1.82, 2.24) is 14.7 Å². The summed E-state index contributed by atoms with van der Waals surface area (Å²) in [5.74, 6) is -0.0401. The summed E-state index contributed by atoms with van der Waals surface area (Å²) in [6.07, 6.45) is 1.19. The minimum absolute atomic E-state index is 0.0401. The van der Waals surface area contributed by atoms with Crippen molar-refractivity contribution in [2.45, 2.75) is 32.8 Å². The van der Waals surface area contributed by atoms with Crippen molar-refractivity contribution < 1.29 is 9.90 Å². The summed E-state index contributed by atoms with van der Waals surface area (Å²) < 4.78 is 1.77. The summed E-state index contributed by atoms with van der Waals surface area (Å²) in [4.78, 5) is 14.2. The van der Waals surface area contributed by atoms with Gasteiger partial charge in [0, 0.05) is 18.7 Å². The smallest absolute Gasteiger partial charge is 0.253 e. The van der Waals surface area contributed by atoms with Gasteiger partial charge in [0.25, 0.3) is 5.91 Å². The van der Waals surface area contributed by atoms with Gasteiger partial charge in [-0.1, -0.05) is 11.6 Å². The van der Waals surface area contributed by atoms with Crippen LogP contribution in [0.25, 0.3) is 5.69 Å².